The van der Waals surface area contributed by atoms with Crippen molar-refractivity contribution >= 4 is 27.6 Å². The van der Waals surface area contributed by atoms with Crippen molar-refractivity contribution < 1.29 is 22.8 Å². The molecule has 2 aliphatic rings. The van der Waals surface area contributed by atoms with Crippen LogP contribution in [0.1, 0.15) is 33.7 Å². The molecule has 3 heterocycles. The van der Waals surface area contributed by atoms with Crippen LogP contribution in [0.15, 0.2) is 18.3 Å². The first-order chi connectivity index (χ1) is 11.3. The van der Waals surface area contributed by atoms with Crippen LogP contribution in [0.2, 0.25) is 0 Å². The molecule has 0 saturated carbocycles. The Morgan fingerprint density at radius 2 is 2.12 bits per heavy atom. The van der Waals surface area contributed by atoms with Gasteiger partial charge in [-0.05, 0) is 18.6 Å². The number of sulfone groups is 1. The summed E-state index contributed by atoms with van der Waals surface area (Å²) in [4.78, 5) is 42.9. The molecular weight excluding hydrogens is 334 g/mol. The highest BCUT2D eigenvalue weighted by Crippen LogP contribution is 2.21. The van der Waals surface area contributed by atoms with Gasteiger partial charge in [-0.15, -0.1) is 0 Å². The van der Waals surface area contributed by atoms with Crippen LogP contribution in [0.3, 0.4) is 0 Å². The summed E-state index contributed by atoms with van der Waals surface area (Å²) in [5, 5.41) is 0. The van der Waals surface area contributed by atoms with E-state index in [1.165, 1.54) is 17.2 Å². The number of amides is 3. The Hall–Kier alpha value is -2.29. The molecule has 1 saturated heterocycles. The molecule has 1 atom stereocenters. The number of rotatable bonds is 4. The van der Waals surface area contributed by atoms with Gasteiger partial charge in [0, 0.05) is 32.3 Å². The summed E-state index contributed by atoms with van der Waals surface area (Å²) in [6.07, 6.45) is 1.81. The fraction of sp³-hybridized carbons (Fsp3) is 0.467. The maximum Gasteiger partial charge on any atom is 0.280 e. The molecule has 0 aromatic carbocycles. The summed E-state index contributed by atoms with van der Waals surface area (Å²) >= 11 is 0. The predicted molar refractivity (Wildman–Crippen MR) is 84.0 cm³/mol. The van der Waals surface area contributed by atoms with E-state index in [0.717, 1.165) is 4.90 Å². The van der Waals surface area contributed by atoms with E-state index >= 15 is 0 Å². The lowest BCUT2D eigenvalue weighted by atomic mass is 10.2. The topological polar surface area (TPSA) is 105 Å². The lowest BCUT2D eigenvalue weighted by Crippen LogP contribution is -2.40. The van der Waals surface area contributed by atoms with Crippen LogP contribution < -0.4 is 0 Å². The lowest BCUT2D eigenvalue weighted by Gasteiger charge is -2.24. The van der Waals surface area contributed by atoms with Crippen LogP contribution in [-0.4, -0.2) is 72.1 Å². The number of aromatic nitrogens is 1. The molecular formula is C15H17N3O5S. The zero-order valence-corrected chi connectivity index (χ0v) is 14.0. The fourth-order valence-electron chi connectivity index (χ4n) is 2.99. The number of hydrogen-bond acceptors (Lipinski definition) is 6. The minimum atomic E-state index is -3.08. The summed E-state index contributed by atoms with van der Waals surface area (Å²) in [6.45, 7) is -0.0450. The van der Waals surface area contributed by atoms with E-state index in [1.54, 1.807) is 13.1 Å². The van der Waals surface area contributed by atoms with Crippen LogP contribution in [0.5, 0.6) is 0 Å². The highest BCUT2D eigenvalue weighted by Gasteiger charge is 2.37. The van der Waals surface area contributed by atoms with Crippen LogP contribution in [0.4, 0.5) is 0 Å². The van der Waals surface area contributed by atoms with Crippen LogP contribution in [0.25, 0.3) is 0 Å². The van der Waals surface area contributed by atoms with Crippen molar-refractivity contribution in [1.82, 2.24) is 14.8 Å². The maximum absolute atomic E-state index is 12.3. The second-order valence-electron chi connectivity index (χ2n) is 5.97. The van der Waals surface area contributed by atoms with Crippen molar-refractivity contribution in [2.45, 2.75) is 18.9 Å². The van der Waals surface area contributed by atoms with E-state index in [0.29, 0.717) is 6.42 Å². The Balaban J connectivity index is 1.61. The molecule has 8 nitrogen and oxygen atoms in total. The second-order valence-corrected chi connectivity index (χ2v) is 8.20. The van der Waals surface area contributed by atoms with Gasteiger partial charge in [0.25, 0.3) is 11.8 Å². The Morgan fingerprint density at radius 3 is 2.75 bits per heavy atom. The molecule has 1 aromatic rings. The van der Waals surface area contributed by atoms with Gasteiger partial charge in [0.15, 0.2) is 9.84 Å². The number of fused-ring (bicyclic) bond motifs is 1. The number of carbonyl (C=O) groups excluding carboxylic acids is 3. The Morgan fingerprint density at radius 1 is 1.38 bits per heavy atom. The molecule has 0 N–H and O–H groups in total. The fourth-order valence-corrected chi connectivity index (χ4v) is 4.76. The minimum absolute atomic E-state index is 0.0355. The number of pyridine rings is 1. The van der Waals surface area contributed by atoms with Crippen molar-refractivity contribution in [3.05, 3.63) is 29.6 Å². The normalized spacial score (nSPS) is 21.9. The molecule has 24 heavy (non-hydrogen) atoms. The molecule has 3 rings (SSSR count). The molecule has 1 unspecified atom stereocenters. The van der Waals surface area contributed by atoms with Gasteiger partial charge in [-0.3, -0.25) is 24.3 Å². The Bertz CT molecular complexity index is 785. The van der Waals surface area contributed by atoms with Crippen molar-refractivity contribution in [2.75, 3.05) is 25.1 Å². The summed E-state index contributed by atoms with van der Waals surface area (Å²) in [6, 6.07) is 2.76. The monoisotopic (exact) mass is 351 g/mol. The number of imide groups is 1. The molecule has 0 radical (unpaired) electrons. The highest BCUT2D eigenvalue weighted by molar-refractivity contribution is 7.91. The van der Waals surface area contributed by atoms with E-state index < -0.39 is 21.7 Å². The molecule has 3 amide bonds. The summed E-state index contributed by atoms with van der Waals surface area (Å²) in [7, 11) is -1.53. The first kappa shape index (κ1) is 16.6. The first-order valence-electron chi connectivity index (χ1n) is 7.57. The average Bonchev–Trinajstić information content (AvgIpc) is 3.03. The molecule has 9 heteroatoms. The van der Waals surface area contributed by atoms with E-state index in [-0.39, 0.29) is 47.7 Å². The van der Waals surface area contributed by atoms with E-state index in [2.05, 4.69) is 4.98 Å². The van der Waals surface area contributed by atoms with E-state index in [1.807, 2.05) is 0 Å². The third-order valence-electron chi connectivity index (χ3n) is 4.43. The van der Waals surface area contributed by atoms with Gasteiger partial charge in [-0.25, -0.2) is 8.42 Å². The quantitative estimate of drug-likeness (QED) is 0.691. The number of nitrogens with zero attached hydrogens (tertiary/aromatic N) is 3. The zero-order valence-electron chi connectivity index (χ0n) is 13.1. The molecule has 2 aliphatic heterocycles. The first-order valence-corrected chi connectivity index (χ1v) is 9.39. The predicted octanol–water partition coefficient (Wildman–Crippen LogP) is -0.287. The standard InChI is InChI=1S/C15H17N3O5S/c1-17(10-5-8-24(22,23)9-10)12(19)4-7-18-14(20)11-3-2-6-16-13(11)15(18)21/h2-3,6,10H,4-5,7-9H2,1H3. The summed E-state index contributed by atoms with van der Waals surface area (Å²) < 4.78 is 23.0. The van der Waals surface area contributed by atoms with E-state index in [4.69, 9.17) is 0 Å². The van der Waals surface area contributed by atoms with Gasteiger partial charge < -0.3 is 4.90 Å². The molecule has 0 bridgehead atoms. The number of carbonyl (C=O) groups is 3. The van der Waals surface area contributed by atoms with Gasteiger partial charge in [-0.1, -0.05) is 0 Å². The summed E-state index contributed by atoms with van der Waals surface area (Å²) in [5.41, 5.74) is 0.343. The Labute approximate surface area is 139 Å². The average molecular weight is 351 g/mol. The third-order valence-corrected chi connectivity index (χ3v) is 6.18. The molecule has 128 valence electrons. The van der Waals surface area contributed by atoms with Crippen LogP contribution in [0, 0.1) is 0 Å². The minimum Gasteiger partial charge on any atom is -0.342 e. The zero-order chi connectivity index (χ0) is 17.5. The molecule has 0 spiro atoms. The van der Waals surface area contributed by atoms with Gasteiger partial charge in [0.05, 0.1) is 17.1 Å². The van der Waals surface area contributed by atoms with Crippen molar-refractivity contribution in [2.24, 2.45) is 0 Å². The second kappa shape index (κ2) is 5.97. The SMILES string of the molecule is CN(C(=O)CCN1C(=O)c2cccnc2C1=O)C1CCS(=O)(=O)C1. The van der Waals surface area contributed by atoms with Crippen LogP contribution >= 0.6 is 0 Å². The lowest BCUT2D eigenvalue weighted by molar-refractivity contribution is -0.131. The van der Waals surface area contributed by atoms with Gasteiger partial charge in [0.2, 0.25) is 5.91 Å². The molecule has 0 aliphatic carbocycles. The van der Waals surface area contributed by atoms with Crippen molar-refractivity contribution in [3.63, 3.8) is 0 Å². The number of hydrogen-bond donors (Lipinski definition) is 0. The van der Waals surface area contributed by atoms with Gasteiger partial charge in [0.1, 0.15) is 5.69 Å². The van der Waals surface area contributed by atoms with Crippen molar-refractivity contribution in [3.8, 4) is 0 Å². The third kappa shape index (κ3) is 2.91. The molecule has 1 fully saturated rings. The summed E-state index contributed by atoms with van der Waals surface area (Å²) in [5.74, 6) is -1.20. The largest absolute Gasteiger partial charge is 0.342 e. The van der Waals surface area contributed by atoms with Gasteiger partial charge in [-0.2, -0.15) is 0 Å². The Kier molecular flexibility index (Phi) is 4.12. The van der Waals surface area contributed by atoms with Crippen LogP contribution in [-0.2, 0) is 14.6 Å². The smallest absolute Gasteiger partial charge is 0.280 e. The molecule has 1 aromatic heterocycles. The van der Waals surface area contributed by atoms with E-state index in [9.17, 15) is 22.8 Å². The highest BCUT2D eigenvalue weighted by atomic mass is 32.2. The van der Waals surface area contributed by atoms with Crippen molar-refractivity contribution in [1.29, 1.82) is 0 Å². The van der Waals surface area contributed by atoms with Gasteiger partial charge >= 0.3 is 0 Å². The maximum atomic E-state index is 12.3.